The maximum absolute atomic E-state index is 12.2. The standard InChI is InChI=1S/C16H22N2O3/c1-2-18(12-13-7-4-3-5-8-13)16(20)15(19)17-11-14-9-6-10-21-14/h3-5,7-8,14H,2,6,9-12H2,1H3,(H,17,19). The van der Waals surface area contributed by atoms with Gasteiger partial charge in [-0.2, -0.15) is 0 Å². The normalized spacial score (nSPS) is 17.5. The van der Waals surface area contributed by atoms with E-state index < -0.39 is 11.8 Å². The number of ether oxygens (including phenoxy) is 1. The largest absolute Gasteiger partial charge is 0.376 e. The van der Waals surface area contributed by atoms with E-state index in [0.717, 1.165) is 25.0 Å². The quantitative estimate of drug-likeness (QED) is 0.832. The first-order valence-corrected chi connectivity index (χ1v) is 7.43. The van der Waals surface area contributed by atoms with Crippen molar-refractivity contribution in [1.82, 2.24) is 10.2 Å². The van der Waals surface area contributed by atoms with Crippen LogP contribution in [-0.4, -0.2) is 42.5 Å². The Bertz CT molecular complexity index is 470. The second kappa shape index (κ2) is 7.78. The van der Waals surface area contributed by atoms with Gasteiger partial charge in [0, 0.05) is 26.2 Å². The van der Waals surface area contributed by atoms with E-state index in [0.29, 0.717) is 19.6 Å². The molecule has 1 atom stereocenters. The molecule has 1 aromatic carbocycles. The fourth-order valence-corrected chi connectivity index (χ4v) is 2.36. The summed E-state index contributed by atoms with van der Waals surface area (Å²) in [5.74, 6) is -1.04. The van der Waals surface area contributed by atoms with Crippen LogP contribution in [0.2, 0.25) is 0 Å². The number of nitrogens with one attached hydrogen (secondary N) is 1. The van der Waals surface area contributed by atoms with E-state index in [1.807, 2.05) is 37.3 Å². The number of amides is 2. The van der Waals surface area contributed by atoms with Crippen LogP contribution in [0, 0.1) is 0 Å². The molecule has 21 heavy (non-hydrogen) atoms. The lowest BCUT2D eigenvalue weighted by atomic mass is 10.2. The fraction of sp³-hybridized carbons (Fsp3) is 0.500. The molecule has 1 aliphatic rings. The zero-order valence-electron chi connectivity index (χ0n) is 12.4. The van der Waals surface area contributed by atoms with Crippen molar-refractivity contribution in [2.75, 3.05) is 19.7 Å². The first kappa shape index (κ1) is 15.5. The van der Waals surface area contributed by atoms with Crippen LogP contribution >= 0.6 is 0 Å². The SMILES string of the molecule is CCN(Cc1ccccc1)C(=O)C(=O)NCC1CCCO1. The van der Waals surface area contributed by atoms with Crippen molar-refractivity contribution < 1.29 is 14.3 Å². The summed E-state index contributed by atoms with van der Waals surface area (Å²) in [4.78, 5) is 25.6. The highest BCUT2D eigenvalue weighted by Gasteiger charge is 2.23. The molecule has 114 valence electrons. The van der Waals surface area contributed by atoms with Crippen LogP contribution in [0.3, 0.4) is 0 Å². The molecule has 1 N–H and O–H groups in total. The minimum absolute atomic E-state index is 0.0472. The summed E-state index contributed by atoms with van der Waals surface area (Å²) >= 11 is 0. The Morgan fingerprint density at radius 1 is 1.33 bits per heavy atom. The highest BCUT2D eigenvalue weighted by Crippen LogP contribution is 2.10. The number of carbonyl (C=O) groups is 2. The summed E-state index contributed by atoms with van der Waals surface area (Å²) in [5, 5.41) is 2.67. The summed E-state index contributed by atoms with van der Waals surface area (Å²) in [6, 6.07) is 9.66. The monoisotopic (exact) mass is 290 g/mol. The molecule has 0 aliphatic carbocycles. The third kappa shape index (κ3) is 4.56. The van der Waals surface area contributed by atoms with Crippen LogP contribution in [0.15, 0.2) is 30.3 Å². The maximum Gasteiger partial charge on any atom is 0.312 e. The van der Waals surface area contributed by atoms with E-state index >= 15 is 0 Å². The fourth-order valence-electron chi connectivity index (χ4n) is 2.36. The Morgan fingerprint density at radius 3 is 2.71 bits per heavy atom. The molecule has 0 saturated carbocycles. The van der Waals surface area contributed by atoms with E-state index in [1.54, 1.807) is 4.90 Å². The predicted octanol–water partition coefficient (Wildman–Crippen LogP) is 1.33. The van der Waals surface area contributed by atoms with Gasteiger partial charge < -0.3 is 15.0 Å². The molecule has 5 nitrogen and oxygen atoms in total. The van der Waals surface area contributed by atoms with E-state index in [2.05, 4.69) is 5.32 Å². The summed E-state index contributed by atoms with van der Waals surface area (Å²) in [5.41, 5.74) is 1.01. The molecule has 1 unspecified atom stereocenters. The number of hydrogen-bond acceptors (Lipinski definition) is 3. The van der Waals surface area contributed by atoms with Crippen LogP contribution < -0.4 is 5.32 Å². The van der Waals surface area contributed by atoms with Crippen molar-refractivity contribution in [2.24, 2.45) is 0 Å². The van der Waals surface area contributed by atoms with E-state index in [1.165, 1.54) is 0 Å². The van der Waals surface area contributed by atoms with Gasteiger partial charge in [0.05, 0.1) is 6.10 Å². The molecule has 0 radical (unpaired) electrons. The Hall–Kier alpha value is -1.88. The van der Waals surface area contributed by atoms with Crippen LogP contribution in [0.4, 0.5) is 0 Å². The molecule has 0 bridgehead atoms. The Balaban J connectivity index is 1.84. The topological polar surface area (TPSA) is 58.6 Å². The average Bonchev–Trinajstić information content (AvgIpc) is 3.04. The van der Waals surface area contributed by atoms with Gasteiger partial charge in [-0.05, 0) is 25.3 Å². The van der Waals surface area contributed by atoms with Crippen LogP contribution in [-0.2, 0) is 20.9 Å². The molecule has 1 aromatic rings. The van der Waals surface area contributed by atoms with Crippen LogP contribution in [0.1, 0.15) is 25.3 Å². The molecule has 2 rings (SSSR count). The minimum atomic E-state index is -0.553. The second-order valence-corrected chi connectivity index (χ2v) is 5.15. The Labute approximate surface area is 125 Å². The minimum Gasteiger partial charge on any atom is -0.376 e. The van der Waals surface area contributed by atoms with Crippen molar-refractivity contribution in [2.45, 2.75) is 32.4 Å². The van der Waals surface area contributed by atoms with Gasteiger partial charge in [0.25, 0.3) is 0 Å². The summed E-state index contributed by atoms with van der Waals surface area (Å²) in [7, 11) is 0. The lowest BCUT2D eigenvalue weighted by molar-refractivity contribution is -0.146. The van der Waals surface area contributed by atoms with Gasteiger partial charge in [0.2, 0.25) is 0 Å². The first-order valence-electron chi connectivity index (χ1n) is 7.43. The zero-order chi connectivity index (χ0) is 15.1. The molecule has 1 heterocycles. The second-order valence-electron chi connectivity index (χ2n) is 5.15. The molecule has 2 amide bonds. The summed E-state index contributed by atoms with van der Waals surface area (Å²) in [6.07, 6.45) is 2.01. The van der Waals surface area contributed by atoms with Gasteiger partial charge in [-0.3, -0.25) is 9.59 Å². The smallest absolute Gasteiger partial charge is 0.312 e. The molecular weight excluding hydrogens is 268 g/mol. The van der Waals surface area contributed by atoms with Crippen LogP contribution in [0.25, 0.3) is 0 Å². The zero-order valence-corrected chi connectivity index (χ0v) is 12.4. The number of likely N-dealkylation sites (N-methyl/N-ethyl adjacent to an activating group) is 1. The molecule has 5 heteroatoms. The van der Waals surface area contributed by atoms with Crippen molar-refractivity contribution in [3.63, 3.8) is 0 Å². The Morgan fingerprint density at radius 2 is 2.10 bits per heavy atom. The number of benzene rings is 1. The number of carbonyl (C=O) groups excluding carboxylic acids is 2. The molecule has 1 saturated heterocycles. The number of hydrogen-bond donors (Lipinski definition) is 1. The molecule has 1 fully saturated rings. The lowest BCUT2D eigenvalue weighted by Crippen LogP contribution is -2.44. The van der Waals surface area contributed by atoms with Gasteiger partial charge in [0.1, 0.15) is 0 Å². The van der Waals surface area contributed by atoms with Crippen molar-refractivity contribution in [3.05, 3.63) is 35.9 Å². The van der Waals surface area contributed by atoms with Crippen molar-refractivity contribution >= 4 is 11.8 Å². The average molecular weight is 290 g/mol. The first-order chi connectivity index (χ1) is 10.2. The lowest BCUT2D eigenvalue weighted by Gasteiger charge is -2.20. The number of nitrogens with zero attached hydrogens (tertiary/aromatic N) is 1. The molecule has 0 aromatic heterocycles. The van der Waals surface area contributed by atoms with E-state index in [9.17, 15) is 9.59 Å². The Kier molecular flexibility index (Phi) is 5.75. The predicted molar refractivity (Wildman–Crippen MR) is 79.5 cm³/mol. The highest BCUT2D eigenvalue weighted by atomic mass is 16.5. The maximum atomic E-state index is 12.2. The third-order valence-electron chi connectivity index (χ3n) is 3.59. The highest BCUT2D eigenvalue weighted by molar-refractivity contribution is 6.34. The third-order valence-corrected chi connectivity index (χ3v) is 3.59. The summed E-state index contributed by atoms with van der Waals surface area (Å²) < 4.78 is 5.43. The van der Waals surface area contributed by atoms with Crippen molar-refractivity contribution in [3.8, 4) is 0 Å². The molecule has 0 spiro atoms. The molecule has 1 aliphatic heterocycles. The van der Waals surface area contributed by atoms with Crippen LogP contribution in [0.5, 0.6) is 0 Å². The van der Waals surface area contributed by atoms with E-state index in [-0.39, 0.29) is 6.10 Å². The van der Waals surface area contributed by atoms with Crippen molar-refractivity contribution in [1.29, 1.82) is 0 Å². The van der Waals surface area contributed by atoms with E-state index in [4.69, 9.17) is 4.74 Å². The van der Waals surface area contributed by atoms with Gasteiger partial charge in [-0.15, -0.1) is 0 Å². The number of rotatable bonds is 5. The molecular formula is C16H22N2O3. The van der Waals surface area contributed by atoms with Gasteiger partial charge in [-0.1, -0.05) is 30.3 Å². The van der Waals surface area contributed by atoms with Gasteiger partial charge in [-0.25, -0.2) is 0 Å². The summed E-state index contributed by atoms with van der Waals surface area (Å²) in [6.45, 7) is 3.97. The van der Waals surface area contributed by atoms with Gasteiger partial charge >= 0.3 is 11.8 Å². The van der Waals surface area contributed by atoms with Gasteiger partial charge in [0.15, 0.2) is 0 Å².